The highest BCUT2D eigenvalue weighted by Gasteiger charge is 2.35. The van der Waals surface area contributed by atoms with Gasteiger partial charge in [-0.2, -0.15) is 0 Å². The van der Waals surface area contributed by atoms with Crippen LogP contribution in [-0.4, -0.2) is 35.6 Å². The average molecular weight is 260 g/mol. The van der Waals surface area contributed by atoms with Gasteiger partial charge in [0.2, 0.25) is 5.95 Å². The number of nitrogens with zero attached hydrogens (tertiary/aromatic N) is 3. The van der Waals surface area contributed by atoms with Crippen LogP contribution in [0.25, 0.3) is 0 Å². The minimum atomic E-state index is 0.462. The quantitative estimate of drug-likeness (QED) is 0.884. The first-order chi connectivity index (χ1) is 9.13. The number of anilines is 1. The van der Waals surface area contributed by atoms with E-state index in [4.69, 9.17) is 4.98 Å². The summed E-state index contributed by atoms with van der Waals surface area (Å²) in [5.74, 6) is 2.17. The molecule has 0 unspecified atom stereocenters. The lowest BCUT2D eigenvalue weighted by molar-refractivity contribution is 0.340. The third-order valence-corrected chi connectivity index (χ3v) is 4.34. The van der Waals surface area contributed by atoms with Crippen molar-refractivity contribution >= 4 is 5.95 Å². The van der Waals surface area contributed by atoms with Gasteiger partial charge in [0.05, 0.1) is 0 Å². The van der Waals surface area contributed by atoms with Crippen molar-refractivity contribution in [1.82, 2.24) is 15.3 Å². The molecule has 0 aromatic carbocycles. The van der Waals surface area contributed by atoms with Gasteiger partial charge in [-0.05, 0) is 44.2 Å². The van der Waals surface area contributed by atoms with Crippen molar-refractivity contribution in [3.63, 3.8) is 0 Å². The van der Waals surface area contributed by atoms with Gasteiger partial charge in [-0.3, -0.25) is 0 Å². The summed E-state index contributed by atoms with van der Waals surface area (Å²) in [5.41, 5.74) is 2.24. The largest absolute Gasteiger partial charge is 0.339 e. The predicted molar refractivity (Wildman–Crippen MR) is 77.6 cm³/mol. The topological polar surface area (TPSA) is 41.1 Å². The van der Waals surface area contributed by atoms with Gasteiger partial charge >= 0.3 is 0 Å². The van der Waals surface area contributed by atoms with Crippen LogP contribution in [0.5, 0.6) is 0 Å². The number of fused-ring (bicyclic) bond motifs is 1. The molecular weight excluding hydrogens is 236 g/mol. The minimum absolute atomic E-state index is 0.462. The number of hydrogen-bond donors (Lipinski definition) is 1. The van der Waals surface area contributed by atoms with Crippen molar-refractivity contribution in [1.29, 1.82) is 0 Å². The highest BCUT2D eigenvalue weighted by atomic mass is 15.3. The summed E-state index contributed by atoms with van der Waals surface area (Å²) in [5, 5.41) is 3.64. The first-order valence-electron chi connectivity index (χ1n) is 7.47. The Morgan fingerprint density at radius 2 is 2.16 bits per heavy atom. The third-order valence-electron chi connectivity index (χ3n) is 4.34. The minimum Gasteiger partial charge on any atom is -0.339 e. The van der Waals surface area contributed by atoms with Crippen LogP contribution in [0.3, 0.4) is 0 Å². The first-order valence-corrected chi connectivity index (χ1v) is 7.47. The van der Waals surface area contributed by atoms with E-state index in [-0.39, 0.29) is 0 Å². The molecule has 1 aromatic rings. The van der Waals surface area contributed by atoms with Crippen molar-refractivity contribution in [2.24, 2.45) is 5.92 Å². The first kappa shape index (κ1) is 12.9. The molecule has 0 saturated carbocycles. The molecule has 4 heteroatoms. The zero-order chi connectivity index (χ0) is 13.4. The Morgan fingerprint density at radius 3 is 2.89 bits per heavy atom. The summed E-state index contributed by atoms with van der Waals surface area (Å²) in [7, 11) is 0. The van der Waals surface area contributed by atoms with E-state index in [2.05, 4.69) is 42.0 Å². The molecule has 104 valence electrons. The molecule has 2 saturated heterocycles. The molecule has 0 radical (unpaired) electrons. The van der Waals surface area contributed by atoms with E-state index < -0.39 is 0 Å². The van der Waals surface area contributed by atoms with E-state index in [1.54, 1.807) is 0 Å². The molecule has 0 spiro atoms. The molecule has 3 rings (SSSR count). The number of rotatable bonds is 2. The molecule has 0 bridgehead atoms. The summed E-state index contributed by atoms with van der Waals surface area (Å²) < 4.78 is 0. The lowest BCUT2D eigenvalue weighted by atomic mass is 9.94. The van der Waals surface area contributed by atoms with Crippen LogP contribution in [0, 0.1) is 12.8 Å². The highest BCUT2D eigenvalue weighted by molar-refractivity contribution is 5.36. The molecule has 2 atom stereocenters. The number of aryl methyl sites for hydroxylation is 1. The molecule has 0 amide bonds. The standard InChI is InChI=1S/C15H24N4/c1-10(2)13-7-11(3)17-15(18-13)19-8-12-5-4-6-16-14(12)9-19/h7,10,12,14,16H,4-6,8-9H2,1-3H3/t12-,14+/m0/s1. The maximum Gasteiger partial charge on any atom is 0.225 e. The van der Waals surface area contributed by atoms with Gasteiger partial charge in [0.25, 0.3) is 0 Å². The van der Waals surface area contributed by atoms with Gasteiger partial charge in [-0.1, -0.05) is 13.8 Å². The maximum atomic E-state index is 4.76. The van der Waals surface area contributed by atoms with Gasteiger partial charge in [-0.25, -0.2) is 9.97 Å². The Balaban J connectivity index is 1.82. The lowest BCUT2D eigenvalue weighted by Crippen LogP contribution is -2.40. The van der Waals surface area contributed by atoms with Crippen LogP contribution in [0.15, 0.2) is 6.07 Å². The number of hydrogen-bond acceptors (Lipinski definition) is 4. The summed E-state index contributed by atoms with van der Waals surface area (Å²) in [6.07, 6.45) is 2.65. The molecule has 19 heavy (non-hydrogen) atoms. The highest BCUT2D eigenvalue weighted by Crippen LogP contribution is 2.28. The van der Waals surface area contributed by atoms with Gasteiger partial charge < -0.3 is 10.2 Å². The average Bonchev–Trinajstić information content (AvgIpc) is 2.81. The molecule has 0 aliphatic carbocycles. The summed E-state index contributed by atoms with van der Waals surface area (Å²) >= 11 is 0. The van der Waals surface area contributed by atoms with Crippen LogP contribution in [0.2, 0.25) is 0 Å². The van der Waals surface area contributed by atoms with Crippen molar-refractivity contribution in [3.8, 4) is 0 Å². The van der Waals surface area contributed by atoms with Crippen molar-refractivity contribution < 1.29 is 0 Å². The monoisotopic (exact) mass is 260 g/mol. The van der Waals surface area contributed by atoms with Crippen molar-refractivity contribution in [3.05, 3.63) is 17.5 Å². The van der Waals surface area contributed by atoms with E-state index in [1.807, 2.05) is 0 Å². The molecule has 2 fully saturated rings. The van der Waals surface area contributed by atoms with E-state index >= 15 is 0 Å². The molecule has 3 heterocycles. The van der Waals surface area contributed by atoms with Crippen LogP contribution >= 0.6 is 0 Å². The lowest BCUT2D eigenvalue weighted by Gasteiger charge is -2.24. The summed E-state index contributed by atoms with van der Waals surface area (Å²) in [6, 6.07) is 2.75. The summed E-state index contributed by atoms with van der Waals surface area (Å²) in [4.78, 5) is 11.8. The van der Waals surface area contributed by atoms with Crippen molar-refractivity contribution in [2.75, 3.05) is 24.5 Å². The molecular formula is C15H24N4. The van der Waals surface area contributed by atoms with E-state index in [0.29, 0.717) is 12.0 Å². The van der Waals surface area contributed by atoms with Crippen LogP contribution < -0.4 is 10.2 Å². The number of piperidine rings is 1. The van der Waals surface area contributed by atoms with Gasteiger partial charge in [0, 0.05) is 30.5 Å². The van der Waals surface area contributed by atoms with E-state index in [1.165, 1.54) is 19.4 Å². The number of aromatic nitrogens is 2. The fraction of sp³-hybridized carbons (Fsp3) is 0.733. The van der Waals surface area contributed by atoms with Crippen LogP contribution in [-0.2, 0) is 0 Å². The van der Waals surface area contributed by atoms with E-state index in [0.717, 1.165) is 36.3 Å². The van der Waals surface area contributed by atoms with Gasteiger partial charge in [0.15, 0.2) is 0 Å². The fourth-order valence-electron chi connectivity index (χ4n) is 3.22. The smallest absolute Gasteiger partial charge is 0.225 e. The SMILES string of the molecule is Cc1cc(C(C)C)nc(N2C[C@@H]3CCCN[C@@H]3C2)n1. The number of nitrogens with one attached hydrogen (secondary N) is 1. The Morgan fingerprint density at radius 1 is 1.32 bits per heavy atom. The van der Waals surface area contributed by atoms with Crippen LogP contribution in [0.4, 0.5) is 5.95 Å². The fourth-order valence-corrected chi connectivity index (χ4v) is 3.22. The maximum absolute atomic E-state index is 4.76. The predicted octanol–water partition coefficient (Wildman–Crippen LogP) is 2.10. The Kier molecular flexibility index (Phi) is 3.44. The second-order valence-electron chi connectivity index (χ2n) is 6.26. The molecule has 1 aromatic heterocycles. The van der Waals surface area contributed by atoms with Crippen molar-refractivity contribution in [2.45, 2.75) is 45.6 Å². The van der Waals surface area contributed by atoms with Gasteiger partial charge in [-0.15, -0.1) is 0 Å². The zero-order valence-electron chi connectivity index (χ0n) is 12.2. The summed E-state index contributed by atoms with van der Waals surface area (Å²) in [6.45, 7) is 9.79. The van der Waals surface area contributed by atoms with E-state index in [9.17, 15) is 0 Å². The normalized spacial score (nSPS) is 26.8. The van der Waals surface area contributed by atoms with Gasteiger partial charge in [0.1, 0.15) is 0 Å². The Hall–Kier alpha value is -1.16. The molecule has 2 aliphatic rings. The molecule has 2 aliphatic heterocycles. The van der Waals surface area contributed by atoms with Crippen LogP contribution in [0.1, 0.15) is 44.0 Å². The Labute approximate surface area is 115 Å². The Bertz CT molecular complexity index is 443. The molecule has 1 N–H and O–H groups in total. The second kappa shape index (κ2) is 5.08. The molecule has 4 nitrogen and oxygen atoms in total. The zero-order valence-corrected chi connectivity index (χ0v) is 12.2. The second-order valence-corrected chi connectivity index (χ2v) is 6.26. The third kappa shape index (κ3) is 2.59.